The minimum Gasteiger partial charge on any atom is -0.454 e. The van der Waals surface area contributed by atoms with E-state index in [0.717, 1.165) is 24.3 Å². The number of ether oxygens (including phenoxy) is 2. The summed E-state index contributed by atoms with van der Waals surface area (Å²) >= 11 is 0. The second-order valence-electron chi connectivity index (χ2n) is 9.58. The van der Waals surface area contributed by atoms with Gasteiger partial charge in [0.25, 0.3) is 5.91 Å². The van der Waals surface area contributed by atoms with Gasteiger partial charge in [0.05, 0.1) is 6.54 Å². The molecule has 0 aromatic heterocycles. The number of carbonyl (C=O) groups excluding carboxylic acids is 2. The fraction of sp³-hybridized carbons (Fsp3) is 0.481. The number of para-hydroxylation sites is 1. The summed E-state index contributed by atoms with van der Waals surface area (Å²) < 4.78 is 11.3. The molecule has 1 saturated heterocycles. The zero-order chi connectivity index (χ0) is 22.1. The number of ketones is 1. The van der Waals surface area contributed by atoms with Crippen molar-refractivity contribution in [3.8, 4) is 11.5 Å². The standard InChI is InChI=1S/C27H31NO4/c1-18(24-5-2-6-25-26(24)32-17-31-25)14-19-7-8-22(15-19)20-9-11-21(12-10-20)27(30)28-13-3-4-23(29)16-28/h2,5-6,9-12,18-19,22H,3-4,7-8,13-17H2,1H3/t18-,19?,22-/m0/s1. The number of rotatable bonds is 5. The van der Waals surface area contributed by atoms with E-state index >= 15 is 0 Å². The molecule has 5 nitrogen and oxygen atoms in total. The van der Waals surface area contributed by atoms with Crippen LogP contribution >= 0.6 is 0 Å². The Morgan fingerprint density at radius 2 is 1.97 bits per heavy atom. The molecule has 32 heavy (non-hydrogen) atoms. The molecule has 0 spiro atoms. The molecule has 2 fully saturated rings. The van der Waals surface area contributed by atoms with E-state index in [0.29, 0.717) is 43.1 Å². The van der Waals surface area contributed by atoms with Crippen LogP contribution in [0.25, 0.3) is 0 Å². The van der Waals surface area contributed by atoms with E-state index in [-0.39, 0.29) is 18.2 Å². The lowest BCUT2D eigenvalue weighted by molar-refractivity contribution is -0.121. The highest BCUT2D eigenvalue weighted by Crippen LogP contribution is 2.45. The zero-order valence-electron chi connectivity index (χ0n) is 18.7. The van der Waals surface area contributed by atoms with Gasteiger partial charge in [-0.1, -0.05) is 31.2 Å². The molecule has 0 radical (unpaired) electrons. The predicted octanol–water partition coefficient (Wildman–Crippen LogP) is 5.30. The molecule has 1 amide bonds. The lowest BCUT2D eigenvalue weighted by Gasteiger charge is -2.26. The van der Waals surface area contributed by atoms with Crippen LogP contribution in [-0.2, 0) is 4.79 Å². The van der Waals surface area contributed by atoms with Crippen molar-refractivity contribution in [2.75, 3.05) is 19.9 Å². The van der Waals surface area contributed by atoms with Crippen LogP contribution in [-0.4, -0.2) is 36.5 Å². The second kappa shape index (κ2) is 8.97. The Labute approximate surface area is 189 Å². The maximum Gasteiger partial charge on any atom is 0.254 e. The summed E-state index contributed by atoms with van der Waals surface area (Å²) in [6.07, 6.45) is 6.13. The molecule has 5 heteroatoms. The van der Waals surface area contributed by atoms with Crippen LogP contribution in [0.2, 0.25) is 0 Å². The van der Waals surface area contributed by atoms with Crippen molar-refractivity contribution in [3.63, 3.8) is 0 Å². The van der Waals surface area contributed by atoms with Crippen LogP contribution < -0.4 is 9.47 Å². The van der Waals surface area contributed by atoms with Gasteiger partial charge in [-0.15, -0.1) is 0 Å². The van der Waals surface area contributed by atoms with E-state index in [2.05, 4.69) is 31.2 Å². The molecule has 1 unspecified atom stereocenters. The van der Waals surface area contributed by atoms with Gasteiger partial charge in [-0.3, -0.25) is 9.59 Å². The van der Waals surface area contributed by atoms with E-state index in [4.69, 9.17) is 9.47 Å². The van der Waals surface area contributed by atoms with Crippen LogP contribution in [0.15, 0.2) is 42.5 Å². The van der Waals surface area contributed by atoms with E-state index in [1.165, 1.54) is 30.4 Å². The number of hydrogen-bond acceptors (Lipinski definition) is 4. The van der Waals surface area contributed by atoms with Gasteiger partial charge < -0.3 is 14.4 Å². The van der Waals surface area contributed by atoms with Gasteiger partial charge in [-0.05, 0) is 73.6 Å². The normalized spacial score (nSPS) is 23.4. The lowest BCUT2D eigenvalue weighted by Crippen LogP contribution is -2.40. The summed E-state index contributed by atoms with van der Waals surface area (Å²) in [6.45, 7) is 3.54. The number of likely N-dealkylation sites (tertiary alicyclic amines) is 1. The number of nitrogens with zero attached hydrogens (tertiary/aromatic N) is 1. The van der Waals surface area contributed by atoms with Crippen molar-refractivity contribution in [1.82, 2.24) is 4.90 Å². The van der Waals surface area contributed by atoms with Crippen molar-refractivity contribution < 1.29 is 19.1 Å². The first-order chi connectivity index (χ1) is 15.6. The molecule has 2 aromatic carbocycles. The van der Waals surface area contributed by atoms with Gasteiger partial charge in [-0.25, -0.2) is 0 Å². The number of benzene rings is 2. The Kier molecular flexibility index (Phi) is 5.90. The van der Waals surface area contributed by atoms with Crippen molar-refractivity contribution in [1.29, 1.82) is 0 Å². The molecule has 0 N–H and O–H groups in total. The van der Waals surface area contributed by atoms with Crippen molar-refractivity contribution in [3.05, 3.63) is 59.2 Å². The van der Waals surface area contributed by atoms with E-state index in [9.17, 15) is 9.59 Å². The third kappa shape index (κ3) is 4.25. The molecule has 3 atom stereocenters. The van der Waals surface area contributed by atoms with Crippen LogP contribution in [0.3, 0.4) is 0 Å². The lowest BCUT2D eigenvalue weighted by atomic mass is 9.87. The first-order valence-corrected chi connectivity index (χ1v) is 11.9. The largest absolute Gasteiger partial charge is 0.454 e. The van der Waals surface area contributed by atoms with E-state index < -0.39 is 0 Å². The van der Waals surface area contributed by atoms with Gasteiger partial charge >= 0.3 is 0 Å². The highest BCUT2D eigenvalue weighted by molar-refractivity contribution is 5.97. The molecule has 5 rings (SSSR count). The SMILES string of the molecule is C[C@@H](CC1CC[C@H](c2ccc(C(=O)N3CCCC(=O)C3)cc2)C1)c1cccc2c1OCO2. The van der Waals surface area contributed by atoms with Gasteiger partial charge in [0.15, 0.2) is 17.3 Å². The number of carbonyl (C=O) groups is 2. The number of piperidine rings is 1. The van der Waals surface area contributed by atoms with E-state index in [1.807, 2.05) is 18.2 Å². The molecule has 0 bridgehead atoms. The molecule has 2 aromatic rings. The van der Waals surface area contributed by atoms with Crippen molar-refractivity contribution >= 4 is 11.7 Å². The minimum atomic E-state index is -0.0238. The Balaban J connectivity index is 1.19. The summed E-state index contributed by atoms with van der Waals surface area (Å²) in [6, 6.07) is 14.3. The first-order valence-electron chi connectivity index (χ1n) is 11.9. The molecule has 168 valence electrons. The summed E-state index contributed by atoms with van der Waals surface area (Å²) in [5, 5.41) is 0. The quantitative estimate of drug-likeness (QED) is 0.642. The highest BCUT2D eigenvalue weighted by atomic mass is 16.7. The summed E-state index contributed by atoms with van der Waals surface area (Å²) in [5.74, 6) is 3.59. The topological polar surface area (TPSA) is 55.8 Å². The van der Waals surface area contributed by atoms with Gasteiger partial charge in [0.2, 0.25) is 6.79 Å². The number of amides is 1. The average molecular weight is 434 g/mol. The Hall–Kier alpha value is -2.82. The zero-order valence-corrected chi connectivity index (χ0v) is 18.7. The minimum absolute atomic E-state index is 0.0238. The maximum atomic E-state index is 12.7. The molecule has 1 saturated carbocycles. The molecule has 2 aliphatic heterocycles. The molecular formula is C27H31NO4. The summed E-state index contributed by atoms with van der Waals surface area (Å²) in [5.41, 5.74) is 3.26. The molecule has 1 aliphatic carbocycles. The third-order valence-electron chi connectivity index (χ3n) is 7.35. The van der Waals surface area contributed by atoms with Crippen LogP contribution in [0.5, 0.6) is 11.5 Å². The van der Waals surface area contributed by atoms with Gasteiger partial charge in [0, 0.05) is 24.1 Å². The molecule has 3 aliphatic rings. The molecule has 2 heterocycles. The average Bonchev–Trinajstić information content (AvgIpc) is 3.48. The van der Waals surface area contributed by atoms with Crippen LogP contribution in [0.4, 0.5) is 0 Å². The number of Topliss-reactive ketones (excluding diaryl/α,β-unsaturated/α-hetero) is 1. The van der Waals surface area contributed by atoms with Crippen LogP contribution in [0, 0.1) is 5.92 Å². The predicted molar refractivity (Wildman–Crippen MR) is 122 cm³/mol. The monoisotopic (exact) mass is 433 g/mol. The highest BCUT2D eigenvalue weighted by Gasteiger charge is 2.30. The Morgan fingerprint density at radius 1 is 1.12 bits per heavy atom. The molecular weight excluding hydrogens is 402 g/mol. The van der Waals surface area contributed by atoms with Crippen molar-refractivity contribution in [2.45, 2.75) is 57.3 Å². The van der Waals surface area contributed by atoms with E-state index in [1.54, 1.807) is 4.90 Å². The first kappa shape index (κ1) is 21.0. The van der Waals surface area contributed by atoms with Crippen molar-refractivity contribution in [2.24, 2.45) is 5.92 Å². The fourth-order valence-corrected chi connectivity index (χ4v) is 5.65. The van der Waals surface area contributed by atoms with Gasteiger partial charge in [-0.2, -0.15) is 0 Å². The second-order valence-corrected chi connectivity index (χ2v) is 9.58. The Morgan fingerprint density at radius 3 is 2.78 bits per heavy atom. The maximum absolute atomic E-state index is 12.7. The van der Waals surface area contributed by atoms with Gasteiger partial charge in [0.1, 0.15) is 0 Å². The third-order valence-corrected chi connectivity index (χ3v) is 7.35. The Bertz CT molecular complexity index is 999. The number of hydrogen-bond donors (Lipinski definition) is 0. The summed E-state index contributed by atoms with van der Waals surface area (Å²) in [7, 11) is 0. The summed E-state index contributed by atoms with van der Waals surface area (Å²) in [4.78, 5) is 26.1. The smallest absolute Gasteiger partial charge is 0.254 e. The van der Waals surface area contributed by atoms with Crippen LogP contribution in [0.1, 0.15) is 78.8 Å². The number of fused-ring (bicyclic) bond motifs is 1. The fourth-order valence-electron chi connectivity index (χ4n) is 5.65.